The molecule has 4 nitrogen and oxygen atoms in total. The van der Waals surface area contributed by atoms with Crippen LogP contribution in [-0.2, 0) is 4.79 Å². The molecule has 1 fully saturated rings. The summed E-state index contributed by atoms with van der Waals surface area (Å²) in [6.07, 6.45) is 2.41. The summed E-state index contributed by atoms with van der Waals surface area (Å²) >= 11 is 0. The molecule has 1 aliphatic heterocycles. The Balaban J connectivity index is 0.00000288. The first-order valence-electron chi connectivity index (χ1n) is 8.72. The van der Waals surface area contributed by atoms with Gasteiger partial charge in [0.25, 0.3) is 0 Å². The number of nitrogens with zero attached hydrogens (tertiary/aromatic N) is 1. The summed E-state index contributed by atoms with van der Waals surface area (Å²) in [7, 11) is 0. The lowest BCUT2D eigenvalue weighted by atomic mass is 10.1. The number of carbonyl (C=O) groups is 1. The van der Waals surface area contributed by atoms with Crippen molar-refractivity contribution in [1.29, 1.82) is 0 Å². The van der Waals surface area contributed by atoms with Gasteiger partial charge in [0.05, 0.1) is 6.61 Å². The summed E-state index contributed by atoms with van der Waals surface area (Å²) < 4.78 is 5.85. The Morgan fingerprint density at radius 1 is 1.29 bits per heavy atom. The van der Waals surface area contributed by atoms with Crippen LogP contribution in [0.5, 0.6) is 5.75 Å². The second kappa shape index (κ2) is 9.90. The fourth-order valence-electron chi connectivity index (χ4n) is 2.98. The highest BCUT2D eigenvalue weighted by Gasteiger charge is 2.27. The molecule has 24 heavy (non-hydrogen) atoms. The molecule has 0 aromatic heterocycles. The Morgan fingerprint density at radius 3 is 2.79 bits per heavy atom. The van der Waals surface area contributed by atoms with Crippen molar-refractivity contribution in [2.75, 3.05) is 19.7 Å². The third-order valence-electron chi connectivity index (χ3n) is 4.74. The van der Waals surface area contributed by atoms with Gasteiger partial charge in [-0.25, -0.2) is 0 Å². The van der Waals surface area contributed by atoms with E-state index >= 15 is 0 Å². The summed E-state index contributed by atoms with van der Waals surface area (Å²) in [5.41, 5.74) is 2.37. The van der Waals surface area contributed by atoms with E-state index in [4.69, 9.17) is 4.74 Å². The maximum atomic E-state index is 12.3. The van der Waals surface area contributed by atoms with E-state index in [-0.39, 0.29) is 24.4 Å². The summed E-state index contributed by atoms with van der Waals surface area (Å²) in [4.78, 5) is 14.4. The lowest BCUT2D eigenvalue weighted by Crippen LogP contribution is -2.57. The zero-order valence-corrected chi connectivity index (χ0v) is 16.1. The normalized spacial score (nSPS) is 20.4. The summed E-state index contributed by atoms with van der Waals surface area (Å²) in [5.74, 6) is 1.23. The van der Waals surface area contributed by atoms with Crippen molar-refractivity contribution in [1.82, 2.24) is 10.2 Å². The molecule has 2 unspecified atom stereocenters. The maximum absolute atomic E-state index is 12.3. The van der Waals surface area contributed by atoms with Crippen LogP contribution in [-0.4, -0.2) is 42.6 Å². The van der Waals surface area contributed by atoms with Gasteiger partial charge in [-0.15, -0.1) is 12.4 Å². The van der Waals surface area contributed by atoms with E-state index in [1.54, 1.807) is 0 Å². The van der Waals surface area contributed by atoms with Crippen LogP contribution < -0.4 is 10.1 Å². The number of piperazine rings is 1. The Morgan fingerprint density at radius 2 is 2.04 bits per heavy atom. The van der Waals surface area contributed by atoms with Crippen molar-refractivity contribution < 1.29 is 9.53 Å². The van der Waals surface area contributed by atoms with Crippen LogP contribution in [0.3, 0.4) is 0 Å². The van der Waals surface area contributed by atoms with E-state index in [1.165, 1.54) is 5.56 Å². The minimum Gasteiger partial charge on any atom is -0.493 e. The molecular weight excluding hydrogens is 324 g/mol. The molecule has 1 N–H and O–H groups in total. The van der Waals surface area contributed by atoms with E-state index in [0.717, 1.165) is 37.2 Å². The Bertz CT molecular complexity index is 536. The van der Waals surface area contributed by atoms with Gasteiger partial charge in [0.15, 0.2) is 0 Å². The number of benzene rings is 1. The Hall–Kier alpha value is -1.26. The van der Waals surface area contributed by atoms with Gasteiger partial charge in [-0.1, -0.05) is 12.1 Å². The second-order valence-corrected chi connectivity index (χ2v) is 6.65. The zero-order chi connectivity index (χ0) is 16.8. The topological polar surface area (TPSA) is 41.6 Å². The van der Waals surface area contributed by atoms with Crippen LogP contribution in [0, 0.1) is 13.8 Å². The number of hydrogen-bond acceptors (Lipinski definition) is 3. The molecule has 136 valence electrons. The van der Waals surface area contributed by atoms with Crippen LogP contribution in [0.25, 0.3) is 0 Å². The van der Waals surface area contributed by atoms with Gasteiger partial charge in [0, 0.05) is 31.6 Å². The number of carbonyl (C=O) groups excluding carboxylic acids is 1. The summed E-state index contributed by atoms with van der Waals surface area (Å²) in [5, 5.41) is 3.41. The van der Waals surface area contributed by atoms with Crippen molar-refractivity contribution in [2.45, 2.75) is 59.0 Å². The quantitative estimate of drug-likeness (QED) is 0.795. The van der Waals surface area contributed by atoms with Gasteiger partial charge in [0.1, 0.15) is 5.75 Å². The van der Waals surface area contributed by atoms with Crippen LogP contribution in [0.4, 0.5) is 0 Å². The molecule has 1 aliphatic rings. The molecule has 2 atom stereocenters. The molecular formula is C19H31ClN2O2. The number of ether oxygens (including phenoxy) is 1. The van der Waals surface area contributed by atoms with Crippen molar-refractivity contribution in [3.05, 3.63) is 29.3 Å². The molecule has 1 heterocycles. The lowest BCUT2D eigenvalue weighted by molar-refractivity contribution is -0.135. The minimum absolute atomic E-state index is 0. The smallest absolute Gasteiger partial charge is 0.222 e. The SMILES string of the molecule is Cc1ccc(C)c(OCCCCC(=O)N2CCNC(C)C2C)c1.Cl. The van der Waals surface area contributed by atoms with Crippen molar-refractivity contribution in [2.24, 2.45) is 0 Å². The van der Waals surface area contributed by atoms with Crippen molar-refractivity contribution >= 4 is 18.3 Å². The molecule has 0 saturated carbocycles. The highest BCUT2D eigenvalue weighted by Crippen LogP contribution is 2.19. The van der Waals surface area contributed by atoms with E-state index in [9.17, 15) is 4.79 Å². The standard InChI is InChI=1S/C19H30N2O2.ClH/c1-14-8-9-15(2)18(13-14)23-12-6-5-7-19(22)21-11-10-20-16(3)17(21)4;/h8-9,13,16-17,20H,5-7,10-12H2,1-4H3;1H. The monoisotopic (exact) mass is 354 g/mol. The highest BCUT2D eigenvalue weighted by molar-refractivity contribution is 5.85. The fraction of sp³-hybridized carbons (Fsp3) is 0.632. The number of aryl methyl sites for hydroxylation is 2. The molecule has 0 aliphatic carbocycles. The van der Waals surface area contributed by atoms with Gasteiger partial charge < -0.3 is 15.0 Å². The first-order chi connectivity index (χ1) is 11.0. The lowest BCUT2D eigenvalue weighted by Gasteiger charge is -2.38. The second-order valence-electron chi connectivity index (χ2n) is 6.65. The fourth-order valence-corrected chi connectivity index (χ4v) is 2.98. The molecule has 1 aromatic carbocycles. The summed E-state index contributed by atoms with van der Waals surface area (Å²) in [6.45, 7) is 10.8. The van der Waals surface area contributed by atoms with Gasteiger partial charge in [-0.2, -0.15) is 0 Å². The predicted molar refractivity (Wildman–Crippen MR) is 101 cm³/mol. The number of halogens is 1. The van der Waals surface area contributed by atoms with Gasteiger partial charge >= 0.3 is 0 Å². The van der Waals surface area contributed by atoms with E-state index in [1.807, 2.05) is 4.90 Å². The predicted octanol–water partition coefficient (Wildman–Crippen LogP) is 3.48. The molecule has 1 aromatic rings. The average molecular weight is 355 g/mol. The van der Waals surface area contributed by atoms with Crippen molar-refractivity contribution in [3.8, 4) is 5.75 Å². The molecule has 0 radical (unpaired) electrons. The van der Waals surface area contributed by atoms with Gasteiger partial charge in [-0.3, -0.25) is 4.79 Å². The third kappa shape index (κ3) is 5.67. The molecule has 1 saturated heterocycles. The Kier molecular flexibility index (Phi) is 8.57. The first kappa shape index (κ1) is 20.8. The van der Waals surface area contributed by atoms with Crippen LogP contribution in [0.1, 0.15) is 44.2 Å². The van der Waals surface area contributed by atoms with Gasteiger partial charge in [0.2, 0.25) is 5.91 Å². The number of hydrogen-bond donors (Lipinski definition) is 1. The number of nitrogens with one attached hydrogen (secondary N) is 1. The molecule has 5 heteroatoms. The Labute approximate surface area is 152 Å². The first-order valence-corrected chi connectivity index (χ1v) is 8.72. The maximum Gasteiger partial charge on any atom is 0.222 e. The molecule has 0 spiro atoms. The minimum atomic E-state index is 0. The highest BCUT2D eigenvalue weighted by atomic mass is 35.5. The zero-order valence-electron chi connectivity index (χ0n) is 15.3. The summed E-state index contributed by atoms with van der Waals surface area (Å²) in [6, 6.07) is 6.91. The van der Waals surface area contributed by atoms with E-state index in [0.29, 0.717) is 19.1 Å². The van der Waals surface area contributed by atoms with E-state index < -0.39 is 0 Å². The largest absolute Gasteiger partial charge is 0.493 e. The van der Waals surface area contributed by atoms with Crippen LogP contribution in [0.15, 0.2) is 18.2 Å². The molecule has 0 bridgehead atoms. The molecule has 2 rings (SSSR count). The van der Waals surface area contributed by atoms with E-state index in [2.05, 4.69) is 51.2 Å². The molecule has 1 amide bonds. The number of amides is 1. The van der Waals surface area contributed by atoms with Crippen molar-refractivity contribution in [3.63, 3.8) is 0 Å². The van der Waals surface area contributed by atoms with Crippen LogP contribution in [0.2, 0.25) is 0 Å². The number of unbranched alkanes of at least 4 members (excludes halogenated alkanes) is 1. The third-order valence-corrected chi connectivity index (χ3v) is 4.74. The average Bonchev–Trinajstić information content (AvgIpc) is 2.52. The number of rotatable bonds is 6. The van der Waals surface area contributed by atoms with Gasteiger partial charge in [-0.05, 0) is 57.7 Å². The van der Waals surface area contributed by atoms with Crippen LogP contribution >= 0.6 is 12.4 Å².